The van der Waals surface area contributed by atoms with Gasteiger partial charge in [0, 0.05) is 31.3 Å². The van der Waals surface area contributed by atoms with Crippen LogP contribution < -0.4 is 16.4 Å². The lowest BCUT2D eigenvalue weighted by Crippen LogP contribution is -2.55. The lowest BCUT2D eigenvalue weighted by atomic mass is 9.92. The first-order valence-electron chi connectivity index (χ1n) is 12.1. The summed E-state index contributed by atoms with van der Waals surface area (Å²) in [6.45, 7) is 3.26. The summed E-state index contributed by atoms with van der Waals surface area (Å²) in [5.41, 5.74) is 7.25. The van der Waals surface area contributed by atoms with Crippen molar-refractivity contribution >= 4 is 29.0 Å². The quantitative estimate of drug-likeness (QED) is 0.407. The van der Waals surface area contributed by atoms with Gasteiger partial charge in [0.15, 0.2) is 5.78 Å². The fourth-order valence-electron chi connectivity index (χ4n) is 5.05. The van der Waals surface area contributed by atoms with E-state index in [2.05, 4.69) is 10.6 Å². The molecule has 186 valence electrons. The monoisotopic (exact) mass is 471 g/mol. The fourth-order valence-corrected chi connectivity index (χ4v) is 5.05. The molecule has 1 saturated carbocycles. The van der Waals surface area contributed by atoms with E-state index in [1.54, 1.807) is 31.4 Å². The molecule has 2 fully saturated rings. The molecule has 2 amide bonds. The second-order valence-electron chi connectivity index (χ2n) is 9.27. The van der Waals surface area contributed by atoms with E-state index in [0.717, 1.165) is 32.1 Å². The molecule has 1 aliphatic carbocycles. The van der Waals surface area contributed by atoms with Crippen molar-refractivity contribution in [1.29, 1.82) is 5.41 Å². The maximum atomic E-state index is 13.3. The summed E-state index contributed by atoms with van der Waals surface area (Å²) < 4.78 is 5.47. The second kappa shape index (κ2) is 11.6. The van der Waals surface area contributed by atoms with Gasteiger partial charge in [-0.1, -0.05) is 25.1 Å². The van der Waals surface area contributed by atoms with Crippen LogP contribution in [0.4, 0.5) is 5.69 Å². The van der Waals surface area contributed by atoms with Gasteiger partial charge in [-0.2, -0.15) is 0 Å². The first kappa shape index (κ1) is 25.8. The van der Waals surface area contributed by atoms with Gasteiger partial charge in [-0.25, -0.2) is 0 Å². The van der Waals surface area contributed by atoms with Gasteiger partial charge in [0.1, 0.15) is 11.8 Å². The number of nitrogens with zero attached hydrogens (tertiary/aromatic N) is 1. The smallest absolute Gasteiger partial charge is 0.243 e. The molecule has 1 aromatic carbocycles. The number of ketones is 1. The summed E-state index contributed by atoms with van der Waals surface area (Å²) in [6, 6.07) is 6.30. The number of para-hydroxylation sites is 1. The number of benzene rings is 1. The highest BCUT2D eigenvalue weighted by atomic mass is 16.5. The van der Waals surface area contributed by atoms with Crippen molar-refractivity contribution in [2.75, 3.05) is 19.0 Å². The van der Waals surface area contributed by atoms with Crippen molar-refractivity contribution in [3.8, 4) is 0 Å². The molecule has 5 unspecified atom stereocenters. The van der Waals surface area contributed by atoms with Crippen LogP contribution >= 0.6 is 0 Å². The van der Waals surface area contributed by atoms with E-state index < -0.39 is 12.2 Å². The largest absolute Gasteiger partial charge is 0.381 e. The lowest BCUT2D eigenvalue weighted by Gasteiger charge is -2.32. The Morgan fingerprint density at radius 3 is 2.62 bits per heavy atom. The summed E-state index contributed by atoms with van der Waals surface area (Å²) in [4.78, 5) is 39.7. The maximum absolute atomic E-state index is 13.3. The SMILES string of the molecule is CCC1CC(C(=O)NC2CCCC(OC)C2)N(C(=O)CNc2ccccc2C(=N)C(C)=O)C1N. The molecule has 34 heavy (non-hydrogen) atoms. The second-order valence-corrected chi connectivity index (χ2v) is 9.27. The first-order chi connectivity index (χ1) is 16.3. The molecule has 2 aliphatic rings. The number of hydrogen-bond acceptors (Lipinski definition) is 7. The van der Waals surface area contributed by atoms with E-state index in [4.69, 9.17) is 15.9 Å². The standard InChI is InChI=1S/C25H37N5O4/c1-4-16-12-21(25(33)29-17-8-7-9-18(13-17)34-3)30(24(16)27)22(32)14-28-20-11-6-5-10-19(20)23(26)15(2)31/h5-6,10-11,16-18,21,24,26,28H,4,7-9,12-14,27H2,1-3H3,(H,29,33). The number of nitrogens with two attached hydrogens (primary N) is 1. The van der Waals surface area contributed by atoms with Gasteiger partial charge in [-0.3, -0.25) is 19.8 Å². The van der Waals surface area contributed by atoms with Crippen molar-refractivity contribution in [2.45, 2.75) is 76.7 Å². The van der Waals surface area contributed by atoms with E-state index >= 15 is 0 Å². The Hall–Kier alpha value is -2.78. The summed E-state index contributed by atoms with van der Waals surface area (Å²) >= 11 is 0. The van der Waals surface area contributed by atoms with Gasteiger partial charge in [0.2, 0.25) is 11.8 Å². The Morgan fingerprint density at radius 1 is 1.21 bits per heavy atom. The van der Waals surface area contributed by atoms with Crippen LogP contribution in [0.3, 0.4) is 0 Å². The van der Waals surface area contributed by atoms with E-state index in [1.165, 1.54) is 11.8 Å². The molecule has 5 N–H and O–H groups in total. The summed E-state index contributed by atoms with van der Waals surface area (Å²) in [5, 5.41) is 14.2. The Bertz CT molecular complexity index is 920. The maximum Gasteiger partial charge on any atom is 0.243 e. The van der Waals surface area contributed by atoms with Crippen molar-refractivity contribution < 1.29 is 19.1 Å². The number of Topliss-reactive ketones (excluding diaryl/α,β-unsaturated/α-hetero) is 1. The third kappa shape index (κ3) is 5.82. The highest BCUT2D eigenvalue weighted by Gasteiger charge is 2.44. The minimum Gasteiger partial charge on any atom is -0.381 e. The van der Waals surface area contributed by atoms with E-state index in [1.807, 2.05) is 6.92 Å². The van der Waals surface area contributed by atoms with Crippen LogP contribution in [0.5, 0.6) is 0 Å². The van der Waals surface area contributed by atoms with Crippen molar-refractivity contribution in [2.24, 2.45) is 11.7 Å². The van der Waals surface area contributed by atoms with Gasteiger partial charge in [-0.05, 0) is 50.5 Å². The number of hydrogen-bond donors (Lipinski definition) is 4. The zero-order valence-corrected chi connectivity index (χ0v) is 20.3. The molecule has 9 nitrogen and oxygen atoms in total. The molecule has 9 heteroatoms. The normalized spacial score (nSPS) is 26.7. The third-order valence-corrected chi connectivity index (χ3v) is 7.07. The highest BCUT2D eigenvalue weighted by Crippen LogP contribution is 2.31. The van der Waals surface area contributed by atoms with Crippen LogP contribution in [-0.2, 0) is 19.1 Å². The number of anilines is 1. The molecule has 5 atom stereocenters. The van der Waals surface area contributed by atoms with Gasteiger partial charge in [0.25, 0.3) is 0 Å². The van der Waals surface area contributed by atoms with Crippen LogP contribution in [0.2, 0.25) is 0 Å². The number of rotatable bonds is 9. The average Bonchev–Trinajstić information content (AvgIpc) is 3.18. The number of methoxy groups -OCH3 is 1. The molecule has 0 aromatic heterocycles. The van der Waals surface area contributed by atoms with Gasteiger partial charge in [-0.15, -0.1) is 0 Å². The number of carbonyl (C=O) groups is 3. The van der Waals surface area contributed by atoms with E-state index in [9.17, 15) is 14.4 Å². The first-order valence-corrected chi connectivity index (χ1v) is 12.1. The minimum atomic E-state index is -0.622. The van der Waals surface area contributed by atoms with Gasteiger partial charge in [0.05, 0.1) is 18.8 Å². The molecule has 1 heterocycles. The van der Waals surface area contributed by atoms with Crippen molar-refractivity contribution in [3.63, 3.8) is 0 Å². The summed E-state index contributed by atoms with van der Waals surface area (Å²) in [5.74, 6) is -0.773. The van der Waals surface area contributed by atoms with Crippen LogP contribution in [-0.4, -0.2) is 66.2 Å². The van der Waals surface area contributed by atoms with Gasteiger partial charge >= 0.3 is 0 Å². The van der Waals surface area contributed by atoms with Gasteiger partial charge < -0.3 is 26.0 Å². The fraction of sp³-hybridized carbons (Fsp3) is 0.600. The molecule has 1 aromatic rings. The Morgan fingerprint density at radius 2 is 1.94 bits per heavy atom. The van der Waals surface area contributed by atoms with Crippen LogP contribution in [0, 0.1) is 11.3 Å². The highest BCUT2D eigenvalue weighted by molar-refractivity contribution is 6.45. The topological polar surface area (TPSA) is 138 Å². The molecular formula is C25H37N5O4. The molecule has 1 aliphatic heterocycles. The predicted octanol–water partition coefficient (Wildman–Crippen LogP) is 2.04. The van der Waals surface area contributed by atoms with E-state index in [-0.39, 0.29) is 47.9 Å². The molecule has 0 bridgehead atoms. The minimum absolute atomic E-state index is 0.0302. The molecule has 0 radical (unpaired) electrons. The predicted molar refractivity (Wildman–Crippen MR) is 131 cm³/mol. The summed E-state index contributed by atoms with van der Waals surface area (Å²) in [7, 11) is 1.69. The van der Waals surface area contributed by atoms with E-state index in [0.29, 0.717) is 17.7 Å². The molecule has 1 saturated heterocycles. The zero-order chi connectivity index (χ0) is 24.8. The number of carbonyl (C=O) groups excluding carboxylic acids is 3. The summed E-state index contributed by atoms with van der Waals surface area (Å²) in [6.07, 6.45) is 4.56. The number of amides is 2. The van der Waals surface area contributed by atoms with Crippen molar-refractivity contribution in [3.05, 3.63) is 29.8 Å². The molecular weight excluding hydrogens is 434 g/mol. The van der Waals surface area contributed by atoms with Crippen LogP contribution in [0.15, 0.2) is 24.3 Å². The van der Waals surface area contributed by atoms with Crippen LogP contribution in [0.25, 0.3) is 0 Å². The molecule has 0 spiro atoms. The number of likely N-dealkylation sites (tertiary alicyclic amines) is 1. The average molecular weight is 472 g/mol. The third-order valence-electron chi connectivity index (χ3n) is 7.07. The molecule has 3 rings (SSSR count). The number of ether oxygens (including phenoxy) is 1. The Balaban J connectivity index is 1.70. The van der Waals surface area contributed by atoms with Crippen molar-refractivity contribution in [1.82, 2.24) is 10.2 Å². The lowest BCUT2D eigenvalue weighted by molar-refractivity contribution is -0.139. The Labute approximate surface area is 201 Å². The Kier molecular flexibility index (Phi) is 8.79. The van der Waals surface area contributed by atoms with Crippen LogP contribution in [0.1, 0.15) is 57.9 Å². The number of nitrogens with one attached hydrogen (secondary N) is 3. The zero-order valence-electron chi connectivity index (χ0n) is 20.3.